The molecule has 0 saturated carbocycles. The van der Waals surface area contributed by atoms with Crippen molar-refractivity contribution in [2.24, 2.45) is 0 Å². The van der Waals surface area contributed by atoms with Gasteiger partial charge in [-0.3, -0.25) is 19.3 Å². The summed E-state index contributed by atoms with van der Waals surface area (Å²) >= 11 is 12.2. The summed E-state index contributed by atoms with van der Waals surface area (Å²) in [6.07, 6.45) is 2.20. The number of hydrogen-bond donors (Lipinski definition) is 1. The smallest absolute Gasteiger partial charge is 0.273 e. The van der Waals surface area contributed by atoms with E-state index >= 15 is 0 Å². The van der Waals surface area contributed by atoms with Gasteiger partial charge in [-0.1, -0.05) is 29.3 Å². The number of aliphatic hydroxyl groups is 1. The fraction of sp³-hybridized carbons (Fsp3) is 0.360. The number of aliphatic hydroxyl groups excluding tert-OH is 1. The van der Waals surface area contributed by atoms with E-state index in [-0.39, 0.29) is 43.1 Å². The van der Waals surface area contributed by atoms with E-state index in [1.807, 2.05) is 32.0 Å². The van der Waals surface area contributed by atoms with Crippen LogP contribution in [0.25, 0.3) is 0 Å². The van der Waals surface area contributed by atoms with E-state index in [0.717, 1.165) is 17.0 Å². The second-order valence-corrected chi connectivity index (χ2v) is 9.87. The zero-order chi connectivity index (χ0) is 24.9. The van der Waals surface area contributed by atoms with E-state index in [1.165, 1.54) is 0 Å². The molecule has 2 aliphatic rings. The van der Waals surface area contributed by atoms with Gasteiger partial charge in [-0.25, -0.2) is 0 Å². The summed E-state index contributed by atoms with van der Waals surface area (Å²) in [5.41, 5.74) is 3.12. The quantitative estimate of drug-likeness (QED) is 0.570. The molecular formula is C25H25Cl2N5O3. The van der Waals surface area contributed by atoms with Gasteiger partial charge in [-0.2, -0.15) is 5.10 Å². The van der Waals surface area contributed by atoms with Gasteiger partial charge in [-0.15, -0.1) is 0 Å². The molecule has 1 unspecified atom stereocenters. The first kappa shape index (κ1) is 23.8. The highest BCUT2D eigenvalue weighted by molar-refractivity contribution is 6.42. The van der Waals surface area contributed by atoms with Crippen LogP contribution in [-0.4, -0.2) is 60.7 Å². The Hall–Kier alpha value is -2.94. The topological polar surface area (TPSA) is 91.6 Å². The molecule has 0 radical (unpaired) electrons. The minimum Gasteiger partial charge on any atom is -0.394 e. The molecule has 182 valence electrons. The average molecular weight is 514 g/mol. The second kappa shape index (κ2) is 9.26. The first-order valence-electron chi connectivity index (χ1n) is 11.5. The Morgan fingerprint density at radius 3 is 2.71 bits per heavy atom. The monoisotopic (exact) mass is 513 g/mol. The third-order valence-electron chi connectivity index (χ3n) is 6.88. The van der Waals surface area contributed by atoms with Gasteiger partial charge in [-0.05, 0) is 44.2 Å². The summed E-state index contributed by atoms with van der Waals surface area (Å²) in [6, 6.07) is 9.61. The van der Waals surface area contributed by atoms with E-state index in [0.29, 0.717) is 34.3 Å². The molecule has 35 heavy (non-hydrogen) atoms. The van der Waals surface area contributed by atoms with Crippen molar-refractivity contribution in [2.75, 3.05) is 13.2 Å². The Balaban J connectivity index is 1.51. The molecule has 10 heteroatoms. The largest absolute Gasteiger partial charge is 0.394 e. The highest BCUT2D eigenvalue weighted by atomic mass is 35.5. The SMILES string of the molecule is CC(c1ccccn1)N1C[C@@H](CO)n2nc3c(c2C1=O)CN(C(=O)c1ccc(Cl)c(Cl)c1)[C@H](C)C3. The highest BCUT2D eigenvalue weighted by Crippen LogP contribution is 2.35. The summed E-state index contributed by atoms with van der Waals surface area (Å²) in [4.78, 5) is 35.0. The molecule has 0 fully saturated rings. The number of rotatable bonds is 4. The molecule has 3 aromatic rings. The number of hydrogen-bond acceptors (Lipinski definition) is 5. The Morgan fingerprint density at radius 1 is 1.23 bits per heavy atom. The zero-order valence-electron chi connectivity index (χ0n) is 19.4. The van der Waals surface area contributed by atoms with Gasteiger partial charge in [0.1, 0.15) is 5.69 Å². The van der Waals surface area contributed by atoms with E-state index in [2.05, 4.69) is 4.98 Å². The van der Waals surface area contributed by atoms with Crippen molar-refractivity contribution in [1.82, 2.24) is 24.6 Å². The van der Waals surface area contributed by atoms with Crippen LogP contribution in [0.3, 0.4) is 0 Å². The lowest BCUT2D eigenvalue weighted by atomic mass is 9.97. The Labute approximate surface area is 213 Å². The molecule has 0 saturated heterocycles. The molecule has 1 N–H and O–H groups in total. The van der Waals surface area contributed by atoms with Crippen molar-refractivity contribution in [3.63, 3.8) is 0 Å². The maximum absolute atomic E-state index is 13.8. The van der Waals surface area contributed by atoms with Gasteiger partial charge < -0.3 is 14.9 Å². The number of halogens is 2. The maximum Gasteiger partial charge on any atom is 0.273 e. The van der Waals surface area contributed by atoms with Crippen molar-refractivity contribution in [2.45, 2.75) is 44.9 Å². The highest BCUT2D eigenvalue weighted by Gasteiger charge is 2.41. The van der Waals surface area contributed by atoms with Crippen molar-refractivity contribution in [3.05, 3.63) is 80.8 Å². The van der Waals surface area contributed by atoms with Crippen LogP contribution in [0.5, 0.6) is 0 Å². The number of nitrogens with zero attached hydrogens (tertiary/aromatic N) is 5. The number of pyridine rings is 1. The Bertz CT molecular complexity index is 1300. The van der Waals surface area contributed by atoms with Crippen LogP contribution in [0, 0.1) is 0 Å². The average Bonchev–Trinajstić information content (AvgIpc) is 3.24. The minimum absolute atomic E-state index is 0.132. The molecule has 2 amide bonds. The number of carbonyl (C=O) groups is 2. The molecule has 8 nitrogen and oxygen atoms in total. The van der Waals surface area contributed by atoms with Crippen molar-refractivity contribution in [1.29, 1.82) is 0 Å². The molecule has 0 spiro atoms. The van der Waals surface area contributed by atoms with Crippen molar-refractivity contribution >= 4 is 35.0 Å². The van der Waals surface area contributed by atoms with Gasteiger partial charge in [0.05, 0.1) is 46.7 Å². The Kier molecular flexibility index (Phi) is 6.29. The summed E-state index contributed by atoms with van der Waals surface area (Å²) < 4.78 is 1.65. The molecule has 3 atom stereocenters. The molecule has 0 bridgehead atoms. The van der Waals surface area contributed by atoms with E-state index in [9.17, 15) is 14.7 Å². The molecule has 2 aromatic heterocycles. The normalized spacial score (nSPS) is 20.4. The lowest BCUT2D eigenvalue weighted by molar-refractivity contribution is 0.0509. The number of aromatic nitrogens is 3. The fourth-order valence-corrected chi connectivity index (χ4v) is 5.19. The number of fused-ring (bicyclic) bond motifs is 3. The van der Waals surface area contributed by atoms with Crippen LogP contribution < -0.4 is 0 Å². The van der Waals surface area contributed by atoms with Gasteiger partial charge in [0.25, 0.3) is 11.8 Å². The summed E-state index contributed by atoms with van der Waals surface area (Å²) in [6.45, 7) is 4.28. The first-order valence-corrected chi connectivity index (χ1v) is 12.2. The van der Waals surface area contributed by atoms with Crippen LogP contribution in [0.2, 0.25) is 10.0 Å². The summed E-state index contributed by atoms with van der Waals surface area (Å²) in [7, 11) is 0. The van der Waals surface area contributed by atoms with E-state index in [4.69, 9.17) is 28.3 Å². The van der Waals surface area contributed by atoms with Crippen LogP contribution >= 0.6 is 23.2 Å². The van der Waals surface area contributed by atoms with Crippen LogP contribution in [0.4, 0.5) is 0 Å². The van der Waals surface area contributed by atoms with Gasteiger partial charge in [0.2, 0.25) is 0 Å². The van der Waals surface area contributed by atoms with E-state index in [1.54, 1.807) is 38.9 Å². The van der Waals surface area contributed by atoms with Gasteiger partial charge in [0.15, 0.2) is 0 Å². The zero-order valence-corrected chi connectivity index (χ0v) is 20.9. The van der Waals surface area contributed by atoms with Crippen LogP contribution in [-0.2, 0) is 13.0 Å². The van der Waals surface area contributed by atoms with Gasteiger partial charge in [0, 0.05) is 36.3 Å². The molecule has 5 rings (SSSR count). The molecule has 2 aliphatic heterocycles. The third-order valence-corrected chi connectivity index (χ3v) is 7.62. The van der Waals surface area contributed by atoms with E-state index < -0.39 is 0 Å². The molecule has 0 aliphatic carbocycles. The van der Waals surface area contributed by atoms with Crippen molar-refractivity contribution in [3.8, 4) is 0 Å². The maximum atomic E-state index is 13.8. The lowest BCUT2D eigenvalue weighted by Gasteiger charge is -2.37. The molecule has 1 aromatic carbocycles. The van der Waals surface area contributed by atoms with Crippen molar-refractivity contribution < 1.29 is 14.7 Å². The fourth-order valence-electron chi connectivity index (χ4n) is 4.90. The van der Waals surface area contributed by atoms with Gasteiger partial charge >= 0.3 is 0 Å². The number of amides is 2. The summed E-state index contributed by atoms with van der Waals surface area (Å²) in [5, 5.41) is 15.6. The number of carbonyl (C=O) groups excluding carboxylic acids is 2. The minimum atomic E-state index is -0.381. The predicted octanol–water partition coefficient (Wildman–Crippen LogP) is 3.92. The molecular weight excluding hydrogens is 489 g/mol. The standard InChI is InChI=1S/C25H25Cl2N5O3/c1-14-9-22-18(12-30(14)24(34)16-6-7-19(26)20(27)10-16)23-25(35)31(11-17(13-33)32(23)29-22)15(2)21-5-3-4-8-28-21/h3-8,10,14-15,17,33H,9,11-13H2,1-2H3/t14-,15?,17+/m1/s1. The molecule has 4 heterocycles. The second-order valence-electron chi connectivity index (χ2n) is 9.06. The van der Waals surface area contributed by atoms with Crippen LogP contribution in [0.15, 0.2) is 42.6 Å². The first-order chi connectivity index (χ1) is 16.8. The summed E-state index contributed by atoms with van der Waals surface area (Å²) in [5.74, 6) is -0.375. The lowest BCUT2D eigenvalue weighted by Crippen LogP contribution is -2.47. The third kappa shape index (κ3) is 4.09. The predicted molar refractivity (Wildman–Crippen MR) is 132 cm³/mol. The Morgan fingerprint density at radius 2 is 2.03 bits per heavy atom. The number of benzene rings is 1. The van der Waals surface area contributed by atoms with Crippen LogP contribution in [0.1, 0.15) is 63.7 Å².